The van der Waals surface area contributed by atoms with E-state index in [0.717, 1.165) is 18.8 Å². The van der Waals surface area contributed by atoms with Crippen LogP contribution in [0.2, 0.25) is 0 Å². The average Bonchev–Trinajstić information content (AvgIpc) is 2.92. The Labute approximate surface area is 120 Å². The Balaban J connectivity index is 2.73. The van der Waals surface area contributed by atoms with Crippen LogP contribution in [0.25, 0.3) is 0 Å². The molecule has 5 heteroatoms. The minimum absolute atomic E-state index is 0.0768. The number of aliphatic hydroxyl groups excluding tert-OH is 1. The fourth-order valence-electron chi connectivity index (χ4n) is 1.95. The second-order valence-electron chi connectivity index (χ2n) is 4.49. The monoisotopic (exact) mass is 280 g/mol. The quantitative estimate of drug-likeness (QED) is 0.700. The van der Waals surface area contributed by atoms with Crippen molar-refractivity contribution in [3.63, 3.8) is 0 Å². The van der Waals surface area contributed by atoms with Gasteiger partial charge in [-0.25, -0.2) is 0 Å². The van der Waals surface area contributed by atoms with Crippen molar-refractivity contribution in [3.8, 4) is 0 Å². The first kappa shape index (κ1) is 16.5. The van der Waals surface area contributed by atoms with E-state index in [1.165, 1.54) is 4.90 Å². The SMILES string of the molecule is C=CCN(CCO)C(=O)c1ccc(CN(CC)CC)o1. The summed E-state index contributed by atoms with van der Waals surface area (Å²) < 4.78 is 5.60. The van der Waals surface area contributed by atoms with Gasteiger partial charge in [0.25, 0.3) is 5.91 Å². The second-order valence-corrected chi connectivity index (χ2v) is 4.49. The molecule has 20 heavy (non-hydrogen) atoms. The number of hydrogen-bond acceptors (Lipinski definition) is 4. The van der Waals surface area contributed by atoms with Gasteiger partial charge in [0.05, 0.1) is 13.2 Å². The van der Waals surface area contributed by atoms with Crippen molar-refractivity contribution in [1.82, 2.24) is 9.80 Å². The molecule has 0 saturated heterocycles. The molecular weight excluding hydrogens is 256 g/mol. The van der Waals surface area contributed by atoms with Crippen molar-refractivity contribution in [3.05, 3.63) is 36.3 Å². The summed E-state index contributed by atoms with van der Waals surface area (Å²) >= 11 is 0. The zero-order chi connectivity index (χ0) is 15.0. The Morgan fingerprint density at radius 1 is 1.40 bits per heavy atom. The van der Waals surface area contributed by atoms with Crippen molar-refractivity contribution in [1.29, 1.82) is 0 Å². The molecule has 0 radical (unpaired) electrons. The topological polar surface area (TPSA) is 56.9 Å². The standard InChI is InChI=1S/C15H24N2O3/c1-4-9-17(10-11-18)15(19)14-8-7-13(20-14)12-16(5-2)6-3/h4,7-8,18H,1,5-6,9-12H2,2-3H3. The molecule has 0 aliphatic rings. The molecule has 0 unspecified atom stereocenters. The molecule has 0 atom stereocenters. The Morgan fingerprint density at radius 2 is 2.10 bits per heavy atom. The van der Waals surface area contributed by atoms with E-state index in [4.69, 9.17) is 9.52 Å². The van der Waals surface area contributed by atoms with Crippen molar-refractivity contribution in [2.75, 3.05) is 32.8 Å². The number of amides is 1. The maximum atomic E-state index is 12.2. The summed E-state index contributed by atoms with van der Waals surface area (Å²) in [5.74, 6) is 0.867. The van der Waals surface area contributed by atoms with Gasteiger partial charge in [-0.3, -0.25) is 9.69 Å². The largest absolute Gasteiger partial charge is 0.455 e. The first-order chi connectivity index (χ1) is 9.65. The molecule has 0 aliphatic heterocycles. The predicted molar refractivity (Wildman–Crippen MR) is 78.5 cm³/mol. The average molecular weight is 280 g/mol. The van der Waals surface area contributed by atoms with Crippen LogP contribution < -0.4 is 0 Å². The molecule has 1 heterocycles. The highest BCUT2D eigenvalue weighted by Crippen LogP contribution is 2.13. The van der Waals surface area contributed by atoms with Crippen LogP contribution in [0.1, 0.15) is 30.2 Å². The maximum Gasteiger partial charge on any atom is 0.289 e. The van der Waals surface area contributed by atoms with Crippen LogP contribution >= 0.6 is 0 Å². The first-order valence-electron chi connectivity index (χ1n) is 6.98. The summed E-state index contributed by atoms with van der Waals surface area (Å²) in [6.07, 6.45) is 1.63. The fraction of sp³-hybridized carbons (Fsp3) is 0.533. The van der Waals surface area contributed by atoms with Crippen molar-refractivity contribution >= 4 is 5.91 Å². The predicted octanol–water partition coefficient (Wildman–Crippen LogP) is 1.74. The maximum absolute atomic E-state index is 12.2. The lowest BCUT2D eigenvalue weighted by molar-refractivity contribution is 0.0707. The van der Waals surface area contributed by atoms with Crippen LogP contribution in [-0.4, -0.2) is 53.6 Å². The van der Waals surface area contributed by atoms with Gasteiger partial charge in [-0.1, -0.05) is 19.9 Å². The molecule has 112 valence electrons. The summed E-state index contributed by atoms with van der Waals surface area (Å²) in [5, 5.41) is 8.98. The summed E-state index contributed by atoms with van der Waals surface area (Å²) in [6, 6.07) is 3.52. The Hall–Kier alpha value is -1.59. The molecule has 0 fully saturated rings. The lowest BCUT2D eigenvalue weighted by atomic mass is 10.3. The number of aliphatic hydroxyl groups is 1. The van der Waals surface area contributed by atoms with Crippen LogP contribution in [0, 0.1) is 0 Å². The molecule has 0 aromatic carbocycles. The summed E-state index contributed by atoms with van der Waals surface area (Å²) in [6.45, 7) is 11.0. The van der Waals surface area contributed by atoms with Crippen LogP contribution in [-0.2, 0) is 6.54 Å². The van der Waals surface area contributed by atoms with Gasteiger partial charge in [-0.05, 0) is 25.2 Å². The lowest BCUT2D eigenvalue weighted by Gasteiger charge is -2.18. The number of furan rings is 1. The third kappa shape index (κ3) is 4.51. The minimum atomic E-state index is -0.218. The molecule has 1 N–H and O–H groups in total. The Bertz CT molecular complexity index is 425. The normalized spacial score (nSPS) is 10.8. The smallest absolute Gasteiger partial charge is 0.289 e. The number of nitrogens with zero attached hydrogens (tertiary/aromatic N) is 2. The van der Waals surface area contributed by atoms with Gasteiger partial charge in [0.1, 0.15) is 5.76 Å². The number of rotatable bonds is 9. The summed E-state index contributed by atoms with van der Waals surface area (Å²) in [5.41, 5.74) is 0. The van der Waals surface area contributed by atoms with E-state index >= 15 is 0 Å². The highest BCUT2D eigenvalue weighted by Gasteiger charge is 2.18. The molecule has 1 amide bonds. The number of carbonyl (C=O) groups is 1. The first-order valence-corrected chi connectivity index (χ1v) is 6.98. The van der Waals surface area contributed by atoms with E-state index < -0.39 is 0 Å². The van der Waals surface area contributed by atoms with Gasteiger partial charge >= 0.3 is 0 Å². The van der Waals surface area contributed by atoms with Gasteiger partial charge < -0.3 is 14.4 Å². The van der Waals surface area contributed by atoms with E-state index in [1.807, 2.05) is 6.07 Å². The Morgan fingerprint density at radius 3 is 2.65 bits per heavy atom. The van der Waals surface area contributed by atoms with Crippen LogP contribution in [0.4, 0.5) is 0 Å². The zero-order valence-corrected chi connectivity index (χ0v) is 12.3. The van der Waals surface area contributed by atoms with E-state index in [-0.39, 0.29) is 19.1 Å². The summed E-state index contributed by atoms with van der Waals surface area (Å²) in [7, 11) is 0. The highest BCUT2D eigenvalue weighted by atomic mass is 16.4. The van der Waals surface area contributed by atoms with Gasteiger partial charge in [-0.15, -0.1) is 6.58 Å². The van der Waals surface area contributed by atoms with Crippen LogP contribution in [0.3, 0.4) is 0 Å². The highest BCUT2D eigenvalue weighted by molar-refractivity contribution is 5.91. The van der Waals surface area contributed by atoms with Crippen molar-refractivity contribution in [2.45, 2.75) is 20.4 Å². The van der Waals surface area contributed by atoms with Crippen molar-refractivity contribution in [2.24, 2.45) is 0 Å². The van der Waals surface area contributed by atoms with Gasteiger partial charge in [-0.2, -0.15) is 0 Å². The summed E-state index contributed by atoms with van der Waals surface area (Å²) in [4.78, 5) is 15.9. The molecule has 0 bridgehead atoms. The lowest BCUT2D eigenvalue weighted by Crippen LogP contribution is -2.33. The zero-order valence-electron chi connectivity index (χ0n) is 12.3. The van der Waals surface area contributed by atoms with Gasteiger partial charge in [0.15, 0.2) is 5.76 Å². The van der Waals surface area contributed by atoms with Gasteiger partial charge in [0, 0.05) is 13.1 Å². The Kier molecular flexibility index (Phi) is 7.04. The third-order valence-corrected chi connectivity index (χ3v) is 3.15. The van der Waals surface area contributed by atoms with Gasteiger partial charge in [0.2, 0.25) is 0 Å². The van der Waals surface area contributed by atoms with Crippen LogP contribution in [0.15, 0.2) is 29.2 Å². The molecule has 0 saturated carbocycles. The third-order valence-electron chi connectivity index (χ3n) is 3.15. The number of carbonyl (C=O) groups excluding carboxylic acids is 1. The molecule has 1 aromatic heterocycles. The number of hydrogen-bond donors (Lipinski definition) is 1. The minimum Gasteiger partial charge on any atom is -0.455 e. The van der Waals surface area contributed by atoms with Crippen LogP contribution in [0.5, 0.6) is 0 Å². The molecule has 0 spiro atoms. The van der Waals surface area contributed by atoms with E-state index in [9.17, 15) is 4.79 Å². The molecule has 0 aliphatic carbocycles. The second kappa shape index (κ2) is 8.55. The van der Waals surface area contributed by atoms with E-state index in [2.05, 4.69) is 25.3 Å². The van der Waals surface area contributed by atoms with E-state index in [0.29, 0.717) is 18.8 Å². The molecule has 1 aromatic rings. The molecular formula is C15H24N2O3. The van der Waals surface area contributed by atoms with E-state index in [1.54, 1.807) is 12.1 Å². The molecule has 5 nitrogen and oxygen atoms in total. The fourth-order valence-corrected chi connectivity index (χ4v) is 1.95. The molecule has 1 rings (SSSR count). The van der Waals surface area contributed by atoms with Crippen molar-refractivity contribution < 1.29 is 14.3 Å².